The number of carbonyl (C=O) groups excluding carboxylic acids is 2. The summed E-state index contributed by atoms with van der Waals surface area (Å²) >= 11 is 0. The first-order chi connectivity index (χ1) is 9.95. The number of esters is 1. The van der Waals surface area contributed by atoms with Gasteiger partial charge >= 0.3 is 5.97 Å². The summed E-state index contributed by atoms with van der Waals surface area (Å²) in [5.74, 6) is -0.196. The van der Waals surface area contributed by atoms with Gasteiger partial charge in [0.1, 0.15) is 5.75 Å². The van der Waals surface area contributed by atoms with Crippen molar-refractivity contribution in [3.8, 4) is 5.75 Å². The van der Waals surface area contributed by atoms with Gasteiger partial charge in [-0.3, -0.25) is 4.79 Å². The second kappa shape index (κ2) is 6.61. The Hall–Kier alpha value is -2.04. The molecular formula is C16H21NO4. The predicted octanol–water partition coefficient (Wildman–Crippen LogP) is 1.97. The first kappa shape index (κ1) is 15.4. The lowest BCUT2D eigenvalue weighted by atomic mass is 10.2. The van der Waals surface area contributed by atoms with Gasteiger partial charge in [0.05, 0.1) is 0 Å². The summed E-state index contributed by atoms with van der Waals surface area (Å²) in [6.45, 7) is 5.12. The van der Waals surface area contributed by atoms with Crippen LogP contribution in [-0.2, 0) is 14.3 Å². The molecule has 2 atom stereocenters. The highest BCUT2D eigenvalue weighted by Gasteiger charge is 2.28. The molecule has 0 aliphatic heterocycles. The average Bonchev–Trinajstić information content (AvgIpc) is 3.22. The molecule has 1 fully saturated rings. The summed E-state index contributed by atoms with van der Waals surface area (Å²) in [7, 11) is 0. The zero-order valence-corrected chi connectivity index (χ0v) is 12.6. The highest BCUT2D eigenvalue weighted by Crippen LogP contribution is 2.19. The second-order valence-corrected chi connectivity index (χ2v) is 5.44. The van der Waals surface area contributed by atoms with Crippen molar-refractivity contribution >= 4 is 11.9 Å². The molecular weight excluding hydrogens is 270 g/mol. The van der Waals surface area contributed by atoms with Crippen molar-refractivity contribution in [3.63, 3.8) is 0 Å². The van der Waals surface area contributed by atoms with Crippen molar-refractivity contribution in [1.29, 1.82) is 0 Å². The number of aryl methyl sites for hydroxylation is 1. The van der Waals surface area contributed by atoms with E-state index < -0.39 is 18.2 Å². The third-order valence-corrected chi connectivity index (χ3v) is 3.22. The quantitative estimate of drug-likeness (QED) is 0.814. The number of nitrogens with one attached hydrogen (secondary N) is 1. The fourth-order valence-corrected chi connectivity index (χ4v) is 1.81. The zero-order valence-electron chi connectivity index (χ0n) is 12.6. The van der Waals surface area contributed by atoms with Gasteiger partial charge in [-0.25, -0.2) is 4.79 Å². The first-order valence-electron chi connectivity index (χ1n) is 7.20. The normalized spacial score (nSPS) is 16.7. The Morgan fingerprint density at radius 1 is 1.24 bits per heavy atom. The molecule has 1 aliphatic carbocycles. The Balaban J connectivity index is 1.82. The van der Waals surface area contributed by atoms with E-state index in [9.17, 15) is 9.59 Å². The van der Waals surface area contributed by atoms with Crippen LogP contribution in [0.4, 0.5) is 0 Å². The number of carbonyl (C=O) groups is 2. The lowest BCUT2D eigenvalue weighted by molar-refractivity contribution is -0.160. The second-order valence-electron chi connectivity index (χ2n) is 5.44. The highest BCUT2D eigenvalue weighted by atomic mass is 16.6. The van der Waals surface area contributed by atoms with Crippen LogP contribution in [0, 0.1) is 6.92 Å². The molecule has 0 aromatic heterocycles. The smallest absolute Gasteiger partial charge is 0.347 e. The van der Waals surface area contributed by atoms with Crippen LogP contribution in [0.15, 0.2) is 24.3 Å². The van der Waals surface area contributed by atoms with Gasteiger partial charge in [-0.05, 0) is 51.3 Å². The van der Waals surface area contributed by atoms with E-state index in [1.807, 2.05) is 25.1 Å². The van der Waals surface area contributed by atoms with E-state index in [4.69, 9.17) is 9.47 Å². The molecule has 1 aromatic carbocycles. The molecule has 2 rings (SSSR count). The standard InChI is InChI=1S/C16H21NO4/c1-10-5-4-6-14(9-10)20-12(3)16(19)21-11(2)15(18)17-13-7-8-13/h4-6,9,11-13H,7-8H2,1-3H3,(H,17,18)/t11-,12+/m1/s1. The summed E-state index contributed by atoms with van der Waals surface area (Å²) in [5, 5.41) is 2.80. The van der Waals surface area contributed by atoms with Crippen LogP contribution in [-0.4, -0.2) is 30.1 Å². The number of hydrogen-bond acceptors (Lipinski definition) is 4. The van der Waals surface area contributed by atoms with E-state index in [1.54, 1.807) is 19.9 Å². The summed E-state index contributed by atoms with van der Waals surface area (Å²) in [6, 6.07) is 7.67. The van der Waals surface area contributed by atoms with Gasteiger partial charge in [0, 0.05) is 6.04 Å². The van der Waals surface area contributed by atoms with Gasteiger partial charge in [0.25, 0.3) is 5.91 Å². The summed E-state index contributed by atoms with van der Waals surface area (Å²) < 4.78 is 10.7. The monoisotopic (exact) mass is 291 g/mol. The molecule has 5 heteroatoms. The molecule has 0 radical (unpaired) electrons. The van der Waals surface area contributed by atoms with E-state index >= 15 is 0 Å². The molecule has 114 valence electrons. The van der Waals surface area contributed by atoms with Crippen LogP contribution in [0.1, 0.15) is 32.3 Å². The molecule has 0 heterocycles. The highest BCUT2D eigenvalue weighted by molar-refractivity contribution is 5.84. The van der Waals surface area contributed by atoms with Crippen molar-refractivity contribution in [3.05, 3.63) is 29.8 Å². The van der Waals surface area contributed by atoms with E-state index in [1.165, 1.54) is 0 Å². The average molecular weight is 291 g/mol. The Labute approximate surface area is 124 Å². The van der Waals surface area contributed by atoms with Crippen LogP contribution in [0.25, 0.3) is 0 Å². The topological polar surface area (TPSA) is 64.6 Å². The number of hydrogen-bond donors (Lipinski definition) is 1. The lowest BCUT2D eigenvalue weighted by Crippen LogP contribution is -2.39. The van der Waals surface area contributed by atoms with Crippen molar-refractivity contribution in [2.75, 3.05) is 0 Å². The first-order valence-corrected chi connectivity index (χ1v) is 7.20. The zero-order chi connectivity index (χ0) is 15.4. The van der Waals surface area contributed by atoms with Crippen LogP contribution < -0.4 is 10.1 Å². The molecule has 1 saturated carbocycles. The van der Waals surface area contributed by atoms with Crippen molar-refractivity contribution in [1.82, 2.24) is 5.32 Å². The van der Waals surface area contributed by atoms with Crippen molar-refractivity contribution in [2.24, 2.45) is 0 Å². The van der Waals surface area contributed by atoms with Crippen molar-refractivity contribution in [2.45, 2.75) is 51.9 Å². The maximum Gasteiger partial charge on any atom is 0.347 e. The Morgan fingerprint density at radius 2 is 1.95 bits per heavy atom. The number of rotatable bonds is 6. The molecule has 1 N–H and O–H groups in total. The largest absolute Gasteiger partial charge is 0.479 e. The van der Waals surface area contributed by atoms with Crippen molar-refractivity contribution < 1.29 is 19.1 Å². The minimum atomic E-state index is -0.804. The lowest BCUT2D eigenvalue weighted by Gasteiger charge is -2.17. The van der Waals surface area contributed by atoms with E-state index in [2.05, 4.69) is 5.32 Å². The van der Waals surface area contributed by atoms with Gasteiger partial charge in [-0.2, -0.15) is 0 Å². The Morgan fingerprint density at radius 3 is 2.57 bits per heavy atom. The molecule has 5 nitrogen and oxygen atoms in total. The van der Waals surface area contributed by atoms with E-state index in [0.29, 0.717) is 5.75 Å². The van der Waals surface area contributed by atoms with Gasteiger partial charge < -0.3 is 14.8 Å². The number of amides is 1. The predicted molar refractivity (Wildman–Crippen MR) is 78.0 cm³/mol. The molecule has 0 spiro atoms. The van der Waals surface area contributed by atoms with E-state index in [-0.39, 0.29) is 11.9 Å². The maximum absolute atomic E-state index is 11.9. The van der Waals surface area contributed by atoms with Crippen LogP contribution in [0.2, 0.25) is 0 Å². The van der Waals surface area contributed by atoms with Gasteiger partial charge in [0.15, 0.2) is 12.2 Å². The van der Waals surface area contributed by atoms with Crippen LogP contribution >= 0.6 is 0 Å². The summed E-state index contributed by atoms with van der Waals surface area (Å²) in [5.41, 5.74) is 1.05. The summed E-state index contributed by atoms with van der Waals surface area (Å²) in [6.07, 6.45) is 0.433. The fourth-order valence-electron chi connectivity index (χ4n) is 1.81. The molecule has 21 heavy (non-hydrogen) atoms. The van der Waals surface area contributed by atoms with Gasteiger partial charge in [-0.15, -0.1) is 0 Å². The van der Waals surface area contributed by atoms with E-state index in [0.717, 1.165) is 18.4 Å². The van der Waals surface area contributed by atoms with Crippen LogP contribution in [0.3, 0.4) is 0 Å². The Kier molecular flexibility index (Phi) is 4.83. The molecule has 0 bridgehead atoms. The van der Waals surface area contributed by atoms with Gasteiger partial charge in [-0.1, -0.05) is 12.1 Å². The molecule has 1 aromatic rings. The molecule has 1 amide bonds. The maximum atomic E-state index is 11.9. The SMILES string of the molecule is Cc1cccc(O[C@@H](C)C(=O)O[C@H](C)C(=O)NC2CC2)c1. The number of ether oxygens (including phenoxy) is 2. The Bertz CT molecular complexity index is 525. The molecule has 0 unspecified atom stereocenters. The minimum Gasteiger partial charge on any atom is -0.479 e. The summed E-state index contributed by atoms with van der Waals surface area (Å²) in [4.78, 5) is 23.6. The molecule has 0 saturated heterocycles. The minimum absolute atomic E-state index is 0.250. The van der Waals surface area contributed by atoms with Crippen LogP contribution in [0.5, 0.6) is 5.75 Å². The molecule has 1 aliphatic rings. The third kappa shape index (κ3) is 4.77. The van der Waals surface area contributed by atoms with Gasteiger partial charge in [0.2, 0.25) is 0 Å². The third-order valence-electron chi connectivity index (χ3n) is 3.22. The fraction of sp³-hybridized carbons (Fsp3) is 0.500. The number of benzene rings is 1.